The monoisotopic (exact) mass is 893 g/mol. The van der Waals surface area contributed by atoms with Crippen LogP contribution in [0.15, 0.2) is 97.8 Å². The van der Waals surface area contributed by atoms with Gasteiger partial charge in [0.2, 0.25) is 23.8 Å². The van der Waals surface area contributed by atoms with Crippen molar-refractivity contribution in [2.75, 3.05) is 80.4 Å². The average molecular weight is 893 g/mol. The number of nitrogens with one attached hydrogen (secondary N) is 4. The van der Waals surface area contributed by atoms with Crippen LogP contribution in [0.4, 0.5) is 23.8 Å². The number of hydrogen-bond acceptors (Lipinski definition) is 15. The minimum atomic E-state index is 0.308. The summed E-state index contributed by atoms with van der Waals surface area (Å²) >= 11 is 0. The Morgan fingerprint density at radius 2 is 1.29 bits per heavy atom. The molecule has 0 radical (unpaired) electrons. The number of anilines is 4. The third kappa shape index (κ3) is 10.1. The summed E-state index contributed by atoms with van der Waals surface area (Å²) in [7, 11) is 2.05. The van der Waals surface area contributed by atoms with Crippen molar-refractivity contribution in [1.29, 1.82) is 0 Å². The van der Waals surface area contributed by atoms with Crippen LogP contribution in [-0.4, -0.2) is 129 Å². The Hall–Kier alpha value is -6.96. The highest BCUT2D eigenvalue weighted by molar-refractivity contribution is 5.58. The van der Waals surface area contributed by atoms with Crippen LogP contribution in [0.2, 0.25) is 0 Å². The SMILES string of the molecule is CC(C)c1cnn2c(NCc3ccccc3-n3cccn3)nc(N(C)CCN3CCOCC3)nc12.CC(C)c1cnn2c(NCc3ccccc3-n3cccn3)nc(NC3CCNC3)nc12. The highest BCUT2D eigenvalue weighted by Crippen LogP contribution is 2.26. The third-order valence-corrected chi connectivity index (χ3v) is 12.0. The lowest BCUT2D eigenvalue weighted by atomic mass is 10.1. The van der Waals surface area contributed by atoms with E-state index in [1.165, 1.54) is 0 Å². The molecule has 0 aliphatic carbocycles. The zero-order chi connectivity index (χ0) is 45.4. The molecule has 1 unspecified atom stereocenters. The number of rotatable bonds is 16. The molecule has 19 heteroatoms. The van der Waals surface area contributed by atoms with Gasteiger partial charge in [-0.1, -0.05) is 64.1 Å². The van der Waals surface area contributed by atoms with Crippen molar-refractivity contribution in [2.24, 2.45) is 0 Å². The summed E-state index contributed by atoms with van der Waals surface area (Å²) < 4.78 is 12.8. The summed E-state index contributed by atoms with van der Waals surface area (Å²) in [6.45, 7) is 17.1. The summed E-state index contributed by atoms with van der Waals surface area (Å²) in [5.74, 6) is 3.29. The van der Waals surface area contributed by atoms with Gasteiger partial charge in [0.25, 0.3) is 0 Å². The van der Waals surface area contributed by atoms with Crippen LogP contribution in [0.1, 0.15) is 68.2 Å². The molecule has 66 heavy (non-hydrogen) atoms. The lowest BCUT2D eigenvalue weighted by Gasteiger charge is -2.28. The molecule has 2 aliphatic rings. The number of hydrogen-bond donors (Lipinski definition) is 4. The van der Waals surface area contributed by atoms with Crippen LogP contribution in [0.25, 0.3) is 22.7 Å². The van der Waals surface area contributed by atoms with Gasteiger partial charge in [0, 0.05) is 94.8 Å². The lowest BCUT2D eigenvalue weighted by molar-refractivity contribution is 0.0392. The van der Waals surface area contributed by atoms with Crippen LogP contribution < -0.4 is 26.2 Å². The molecule has 8 aromatic rings. The first-order chi connectivity index (χ1) is 32.3. The van der Waals surface area contributed by atoms with Crippen LogP contribution in [-0.2, 0) is 17.8 Å². The van der Waals surface area contributed by atoms with Gasteiger partial charge in [-0.2, -0.15) is 49.4 Å². The van der Waals surface area contributed by atoms with Crippen LogP contribution in [0.5, 0.6) is 0 Å². The molecule has 19 nitrogen and oxygen atoms in total. The fourth-order valence-corrected chi connectivity index (χ4v) is 8.17. The Kier molecular flexibility index (Phi) is 13.7. The van der Waals surface area contributed by atoms with E-state index in [-0.39, 0.29) is 0 Å². The number of morpholine rings is 1. The first kappa shape index (κ1) is 44.3. The molecule has 344 valence electrons. The second kappa shape index (κ2) is 20.5. The van der Waals surface area contributed by atoms with Crippen molar-refractivity contribution < 1.29 is 4.74 Å². The van der Waals surface area contributed by atoms with Crippen molar-refractivity contribution >= 4 is 35.1 Å². The Morgan fingerprint density at radius 3 is 1.83 bits per heavy atom. The van der Waals surface area contributed by atoms with Crippen LogP contribution in [0.3, 0.4) is 0 Å². The normalized spacial score (nSPS) is 15.4. The summed E-state index contributed by atoms with van der Waals surface area (Å²) in [5.41, 5.74) is 8.17. The molecule has 2 fully saturated rings. The van der Waals surface area contributed by atoms with E-state index in [0.717, 1.165) is 104 Å². The van der Waals surface area contributed by atoms with Gasteiger partial charge in [0.15, 0.2) is 11.3 Å². The standard InChI is InChI=1S/C25H33N9O.C22H27N9/c1-19(2)21-18-28-34-23(21)29-25(31(3)11-12-32-13-15-35-16-14-32)30-24(34)26-17-20-7-4-5-8-22(20)33-10-6-9-27-33;1-15(2)18-14-26-31-20(18)28-21(27-17-8-10-23-13-17)29-22(31)24-12-16-6-3-4-7-19(16)30-11-5-9-25-30/h4-10,18-19H,11-17H2,1-3H3,(H,26,29,30);3-7,9,11,14-15,17,23H,8,10,12-13H2,1-2H3,(H2,24,27,28,29). The van der Waals surface area contributed by atoms with E-state index in [1.807, 2.05) is 75.1 Å². The maximum absolute atomic E-state index is 5.47. The van der Waals surface area contributed by atoms with Gasteiger partial charge in [0.05, 0.1) is 37.0 Å². The number of nitrogens with zero attached hydrogens (tertiary/aromatic N) is 14. The molecule has 2 saturated heterocycles. The van der Waals surface area contributed by atoms with Gasteiger partial charge in [0.1, 0.15) is 0 Å². The van der Waals surface area contributed by atoms with Gasteiger partial charge in [-0.25, -0.2) is 9.36 Å². The second-order valence-electron chi connectivity index (χ2n) is 17.3. The average Bonchev–Trinajstić information content (AvgIpc) is 4.21. The number of ether oxygens (including phenoxy) is 1. The van der Waals surface area contributed by atoms with Gasteiger partial charge < -0.3 is 30.9 Å². The molecule has 0 spiro atoms. The molecule has 6 aromatic heterocycles. The first-order valence-electron chi connectivity index (χ1n) is 22.9. The Labute approximate surface area is 384 Å². The van der Waals surface area contributed by atoms with Crippen molar-refractivity contribution in [2.45, 2.75) is 65.1 Å². The van der Waals surface area contributed by atoms with Crippen LogP contribution >= 0.6 is 0 Å². The van der Waals surface area contributed by atoms with E-state index in [9.17, 15) is 0 Å². The molecule has 1 atom stereocenters. The lowest BCUT2D eigenvalue weighted by Crippen LogP contribution is -2.41. The van der Waals surface area contributed by atoms with E-state index >= 15 is 0 Å². The van der Waals surface area contributed by atoms with E-state index in [2.05, 4.69) is 110 Å². The maximum atomic E-state index is 5.47. The number of benzene rings is 2. The van der Waals surface area contributed by atoms with Gasteiger partial charge in [-0.05, 0) is 60.2 Å². The quantitative estimate of drug-likeness (QED) is 0.0935. The predicted molar refractivity (Wildman–Crippen MR) is 257 cm³/mol. The Bertz CT molecular complexity index is 2780. The Balaban J connectivity index is 0.000000167. The fourth-order valence-electron chi connectivity index (χ4n) is 8.17. The van der Waals surface area contributed by atoms with E-state index in [4.69, 9.17) is 24.7 Å². The molecule has 0 amide bonds. The van der Waals surface area contributed by atoms with Gasteiger partial charge in [-0.15, -0.1) is 0 Å². The summed E-state index contributed by atoms with van der Waals surface area (Å²) in [4.78, 5) is 23.9. The zero-order valence-electron chi connectivity index (χ0n) is 38.4. The molecule has 0 bridgehead atoms. The van der Waals surface area contributed by atoms with Crippen molar-refractivity contribution in [3.8, 4) is 11.4 Å². The van der Waals surface area contributed by atoms with Crippen molar-refractivity contribution in [1.82, 2.24) is 68.9 Å². The first-order valence-corrected chi connectivity index (χ1v) is 22.9. The molecule has 2 aromatic carbocycles. The third-order valence-electron chi connectivity index (χ3n) is 12.0. The molecular formula is C47H60N18O. The van der Waals surface area contributed by atoms with E-state index < -0.39 is 0 Å². The number of fused-ring (bicyclic) bond motifs is 2. The highest BCUT2D eigenvalue weighted by Gasteiger charge is 2.21. The minimum absolute atomic E-state index is 0.308. The summed E-state index contributed by atoms with van der Waals surface area (Å²) in [6.07, 6.45) is 12.3. The maximum Gasteiger partial charge on any atom is 0.230 e. The molecule has 8 heterocycles. The van der Waals surface area contributed by atoms with Gasteiger partial charge >= 0.3 is 0 Å². The molecule has 4 N–H and O–H groups in total. The predicted octanol–water partition coefficient (Wildman–Crippen LogP) is 5.63. The Morgan fingerprint density at radius 1 is 0.712 bits per heavy atom. The summed E-state index contributed by atoms with van der Waals surface area (Å²) in [6, 6.07) is 20.6. The molecule has 10 rings (SSSR count). The number of para-hydroxylation sites is 2. The minimum Gasteiger partial charge on any atom is -0.379 e. The smallest absolute Gasteiger partial charge is 0.230 e. The molecule has 2 aliphatic heterocycles. The number of aromatic nitrogens is 12. The highest BCUT2D eigenvalue weighted by atomic mass is 16.5. The van der Waals surface area contributed by atoms with E-state index in [0.29, 0.717) is 54.8 Å². The van der Waals surface area contributed by atoms with E-state index in [1.54, 1.807) is 16.9 Å². The fraction of sp³-hybridized carbons (Fsp3) is 0.404. The topological polar surface area (TPSA) is 186 Å². The number of likely N-dealkylation sites (N-methyl/N-ethyl adjacent to an activating group) is 1. The molecular weight excluding hydrogens is 833 g/mol. The zero-order valence-corrected chi connectivity index (χ0v) is 38.4. The second-order valence-corrected chi connectivity index (χ2v) is 17.3. The molecule has 0 saturated carbocycles. The van der Waals surface area contributed by atoms with Crippen molar-refractivity contribution in [3.63, 3.8) is 0 Å². The van der Waals surface area contributed by atoms with Crippen LogP contribution in [0, 0.1) is 0 Å². The van der Waals surface area contributed by atoms with Gasteiger partial charge in [-0.3, -0.25) is 4.90 Å². The summed E-state index contributed by atoms with van der Waals surface area (Å²) in [5, 5.41) is 31.8. The van der Waals surface area contributed by atoms with Crippen molar-refractivity contribution in [3.05, 3.63) is 120 Å². The largest absolute Gasteiger partial charge is 0.379 e.